The summed E-state index contributed by atoms with van der Waals surface area (Å²) in [5.41, 5.74) is 2.16. The second kappa shape index (κ2) is 6.02. The van der Waals surface area contributed by atoms with Gasteiger partial charge in [0.25, 0.3) is 0 Å². The van der Waals surface area contributed by atoms with Crippen LogP contribution in [0.1, 0.15) is 19.0 Å². The predicted octanol–water partition coefficient (Wildman–Crippen LogP) is 2.22. The zero-order valence-electron chi connectivity index (χ0n) is 12.8. The Labute approximate surface area is 129 Å². The van der Waals surface area contributed by atoms with Gasteiger partial charge in [0, 0.05) is 35.7 Å². The minimum absolute atomic E-state index is 0.0387. The average Bonchev–Trinajstić information content (AvgIpc) is 2.99. The Balaban J connectivity index is 1.92. The van der Waals surface area contributed by atoms with Crippen molar-refractivity contribution in [2.24, 2.45) is 0 Å². The second-order valence-corrected chi connectivity index (χ2v) is 5.35. The van der Waals surface area contributed by atoms with E-state index in [9.17, 15) is 4.79 Å². The normalized spacial score (nSPS) is 22.2. The average molecular weight is 301 g/mol. The van der Waals surface area contributed by atoms with E-state index in [2.05, 4.69) is 4.98 Å². The van der Waals surface area contributed by atoms with Crippen molar-refractivity contribution in [2.75, 3.05) is 20.3 Å². The largest absolute Gasteiger partial charge is 0.481 e. The van der Waals surface area contributed by atoms with Crippen LogP contribution >= 0.6 is 0 Å². The van der Waals surface area contributed by atoms with E-state index in [0.29, 0.717) is 37.5 Å². The number of methoxy groups -OCH3 is 1. The molecule has 116 valence electrons. The van der Waals surface area contributed by atoms with Gasteiger partial charge in [0.1, 0.15) is 0 Å². The third kappa shape index (κ3) is 2.82. The van der Waals surface area contributed by atoms with E-state index >= 15 is 0 Å². The first kappa shape index (κ1) is 14.9. The van der Waals surface area contributed by atoms with Crippen molar-refractivity contribution in [3.05, 3.63) is 47.2 Å². The third-order valence-corrected chi connectivity index (χ3v) is 3.90. The quantitative estimate of drug-likeness (QED) is 0.801. The van der Waals surface area contributed by atoms with Gasteiger partial charge in [0.2, 0.25) is 5.88 Å². The Morgan fingerprint density at radius 1 is 1.36 bits per heavy atom. The fraction of sp³-hybridized carbons (Fsp3) is 0.412. The van der Waals surface area contributed by atoms with Crippen LogP contribution in [0, 0.1) is 0 Å². The van der Waals surface area contributed by atoms with Crippen LogP contribution in [0.2, 0.25) is 0 Å². The maximum atomic E-state index is 12.5. The number of hydrogen-bond acceptors (Lipinski definition) is 5. The number of hydrogen-bond donors (Lipinski definition) is 0. The molecule has 1 aromatic heterocycles. The number of rotatable bonds is 3. The molecule has 0 radical (unpaired) electrons. The minimum atomic E-state index is -0.788. The molecule has 0 bridgehead atoms. The second-order valence-electron chi connectivity index (χ2n) is 5.35. The molecule has 0 N–H and O–H groups in total. The highest BCUT2D eigenvalue weighted by atomic mass is 16.7. The Morgan fingerprint density at radius 2 is 2.14 bits per heavy atom. The van der Waals surface area contributed by atoms with Crippen molar-refractivity contribution in [1.29, 1.82) is 0 Å². The Kier molecular flexibility index (Phi) is 4.09. The van der Waals surface area contributed by atoms with Gasteiger partial charge < -0.3 is 14.2 Å². The monoisotopic (exact) mass is 301 g/mol. The van der Waals surface area contributed by atoms with E-state index in [4.69, 9.17) is 14.2 Å². The van der Waals surface area contributed by atoms with Crippen LogP contribution in [-0.4, -0.2) is 36.9 Å². The summed E-state index contributed by atoms with van der Waals surface area (Å²) in [4.78, 5) is 16.9. The lowest BCUT2D eigenvalue weighted by atomic mass is 9.86. The highest BCUT2D eigenvalue weighted by molar-refractivity contribution is 6.09. The van der Waals surface area contributed by atoms with E-state index < -0.39 is 5.79 Å². The van der Waals surface area contributed by atoms with E-state index in [1.165, 1.54) is 0 Å². The molecule has 0 atom stereocenters. The SMILES string of the molecule is C/C=C1\CC2(C=C(Cc3cccc(OC)n3)C1=O)OCCO2. The number of nitrogens with zero attached hydrogens (tertiary/aromatic N) is 1. The topological polar surface area (TPSA) is 57.7 Å². The molecule has 5 nitrogen and oxygen atoms in total. The molecule has 22 heavy (non-hydrogen) atoms. The first-order chi connectivity index (χ1) is 10.7. The Hall–Kier alpha value is -1.98. The number of ether oxygens (including phenoxy) is 3. The fourth-order valence-electron chi connectivity index (χ4n) is 2.82. The van der Waals surface area contributed by atoms with Gasteiger partial charge in [0.15, 0.2) is 11.6 Å². The van der Waals surface area contributed by atoms with Gasteiger partial charge in [-0.2, -0.15) is 0 Å². The molecule has 1 aromatic rings. The predicted molar refractivity (Wildman–Crippen MR) is 80.6 cm³/mol. The molecule has 3 rings (SSSR count). The minimum Gasteiger partial charge on any atom is -0.481 e. The Morgan fingerprint density at radius 3 is 2.82 bits per heavy atom. The smallest absolute Gasteiger partial charge is 0.213 e. The molecular formula is C17H19NO4. The van der Waals surface area contributed by atoms with Gasteiger partial charge in [-0.05, 0) is 19.1 Å². The van der Waals surface area contributed by atoms with Gasteiger partial charge >= 0.3 is 0 Å². The number of pyridine rings is 1. The van der Waals surface area contributed by atoms with E-state index in [-0.39, 0.29) is 5.78 Å². The molecule has 2 aliphatic rings. The molecular weight excluding hydrogens is 282 g/mol. The van der Waals surface area contributed by atoms with Crippen LogP contribution in [0.5, 0.6) is 5.88 Å². The fourth-order valence-corrected chi connectivity index (χ4v) is 2.82. The van der Waals surface area contributed by atoms with Gasteiger partial charge in [-0.25, -0.2) is 4.98 Å². The number of carbonyl (C=O) groups is 1. The standard InChI is InChI=1S/C17H19NO4/c1-3-12-10-17(21-7-8-22-17)11-13(16(12)19)9-14-5-4-6-15(18-14)20-2/h3-6,11H,7-10H2,1-2H3/b12-3+. The molecule has 5 heteroatoms. The molecule has 1 saturated heterocycles. The molecule has 0 saturated carbocycles. The van der Waals surface area contributed by atoms with E-state index in [1.807, 2.05) is 31.2 Å². The molecule has 1 fully saturated rings. The van der Waals surface area contributed by atoms with Gasteiger partial charge in [-0.3, -0.25) is 4.79 Å². The summed E-state index contributed by atoms with van der Waals surface area (Å²) in [6.07, 6.45) is 4.55. The van der Waals surface area contributed by atoms with Crippen LogP contribution in [0.25, 0.3) is 0 Å². The maximum Gasteiger partial charge on any atom is 0.213 e. The van der Waals surface area contributed by atoms with Crippen LogP contribution in [0.3, 0.4) is 0 Å². The van der Waals surface area contributed by atoms with Crippen LogP contribution in [0.15, 0.2) is 41.5 Å². The first-order valence-electron chi connectivity index (χ1n) is 7.35. The van der Waals surface area contributed by atoms with Gasteiger partial charge in [-0.1, -0.05) is 12.1 Å². The van der Waals surface area contributed by atoms with E-state index in [1.54, 1.807) is 13.2 Å². The van der Waals surface area contributed by atoms with Crippen molar-refractivity contribution in [3.63, 3.8) is 0 Å². The summed E-state index contributed by atoms with van der Waals surface area (Å²) in [5, 5.41) is 0. The lowest BCUT2D eigenvalue weighted by molar-refractivity contribution is -0.129. The number of ketones is 1. The van der Waals surface area contributed by atoms with E-state index in [0.717, 1.165) is 11.3 Å². The van der Waals surface area contributed by atoms with Crippen molar-refractivity contribution >= 4 is 5.78 Å². The summed E-state index contributed by atoms with van der Waals surface area (Å²) in [6.45, 7) is 2.96. The Bertz CT molecular complexity index is 642. The molecule has 1 aliphatic heterocycles. The zero-order chi connectivity index (χ0) is 15.6. The highest BCUT2D eigenvalue weighted by Crippen LogP contribution is 2.36. The maximum absolute atomic E-state index is 12.5. The third-order valence-electron chi connectivity index (χ3n) is 3.90. The lowest BCUT2D eigenvalue weighted by Crippen LogP contribution is -2.35. The van der Waals surface area contributed by atoms with Crippen molar-refractivity contribution in [2.45, 2.75) is 25.6 Å². The molecule has 0 unspecified atom stereocenters. The van der Waals surface area contributed by atoms with Crippen molar-refractivity contribution < 1.29 is 19.0 Å². The van der Waals surface area contributed by atoms with Gasteiger partial charge in [-0.15, -0.1) is 0 Å². The summed E-state index contributed by atoms with van der Waals surface area (Å²) in [6, 6.07) is 5.52. The summed E-state index contributed by atoms with van der Waals surface area (Å²) in [5.74, 6) is -0.211. The summed E-state index contributed by atoms with van der Waals surface area (Å²) >= 11 is 0. The summed E-state index contributed by atoms with van der Waals surface area (Å²) in [7, 11) is 1.57. The number of Topliss-reactive ketones (excluding diaryl/α,β-unsaturated/α-hetero) is 1. The number of aromatic nitrogens is 1. The first-order valence-corrected chi connectivity index (χ1v) is 7.35. The van der Waals surface area contributed by atoms with Gasteiger partial charge in [0.05, 0.1) is 20.3 Å². The van der Waals surface area contributed by atoms with Crippen molar-refractivity contribution in [3.8, 4) is 5.88 Å². The molecule has 0 aromatic carbocycles. The number of allylic oxidation sites excluding steroid dienone is 2. The summed E-state index contributed by atoms with van der Waals surface area (Å²) < 4.78 is 16.6. The van der Waals surface area contributed by atoms with Crippen LogP contribution in [-0.2, 0) is 20.7 Å². The molecule has 1 aliphatic carbocycles. The van der Waals surface area contributed by atoms with Crippen molar-refractivity contribution in [1.82, 2.24) is 4.98 Å². The zero-order valence-corrected chi connectivity index (χ0v) is 12.8. The lowest BCUT2D eigenvalue weighted by Gasteiger charge is -2.30. The van der Waals surface area contributed by atoms with Crippen LogP contribution in [0.4, 0.5) is 0 Å². The number of carbonyl (C=O) groups excluding carboxylic acids is 1. The highest BCUT2D eigenvalue weighted by Gasteiger charge is 2.41. The molecule has 1 spiro atoms. The molecule has 2 heterocycles. The molecule has 0 amide bonds. The van der Waals surface area contributed by atoms with Crippen LogP contribution < -0.4 is 4.74 Å².